The Balaban J connectivity index is 2.16. The molecule has 0 radical (unpaired) electrons. The molecule has 0 unspecified atom stereocenters. The number of benzene rings is 1. The second-order valence-electron chi connectivity index (χ2n) is 9.46. The molecule has 0 spiro atoms. The number of nitrogens with zero attached hydrogens (tertiary/aromatic N) is 3. The second-order valence-corrected chi connectivity index (χ2v) is 9.46. The third-order valence-corrected chi connectivity index (χ3v) is 5.30. The van der Waals surface area contributed by atoms with E-state index < -0.39 is 5.60 Å². The first-order chi connectivity index (χ1) is 16.6. The molecule has 2 rings (SSSR count). The van der Waals surface area contributed by atoms with Gasteiger partial charge >= 0.3 is 6.09 Å². The Morgan fingerprint density at radius 1 is 1.09 bits per heavy atom. The molecule has 1 aliphatic heterocycles. The van der Waals surface area contributed by atoms with E-state index in [0.717, 1.165) is 18.4 Å². The summed E-state index contributed by atoms with van der Waals surface area (Å²) in [6.45, 7) is 12.0. The summed E-state index contributed by atoms with van der Waals surface area (Å²) >= 11 is 0. The van der Waals surface area contributed by atoms with Gasteiger partial charge < -0.3 is 24.6 Å². The summed E-state index contributed by atoms with van der Waals surface area (Å²) < 4.78 is 11.0. The summed E-state index contributed by atoms with van der Waals surface area (Å²) in [7, 11) is 1.59. The lowest BCUT2D eigenvalue weighted by Crippen LogP contribution is -2.51. The molecule has 192 valence electrons. The highest BCUT2D eigenvalue weighted by molar-refractivity contribution is 6.03. The number of unbranched alkanes of at least 4 members (excludes halogenated alkanes) is 1. The van der Waals surface area contributed by atoms with Gasteiger partial charge in [0.05, 0.1) is 7.11 Å². The zero-order valence-electron chi connectivity index (χ0n) is 22.0. The maximum absolute atomic E-state index is 12.8. The van der Waals surface area contributed by atoms with Gasteiger partial charge in [0.15, 0.2) is 0 Å². The first kappa shape index (κ1) is 28.0. The van der Waals surface area contributed by atoms with Crippen molar-refractivity contribution in [2.45, 2.75) is 59.6 Å². The van der Waals surface area contributed by atoms with Crippen molar-refractivity contribution in [2.24, 2.45) is 4.99 Å². The summed E-state index contributed by atoms with van der Waals surface area (Å²) in [5, 5.41) is 2.96. The molecule has 1 heterocycles. The highest BCUT2D eigenvalue weighted by atomic mass is 16.6. The van der Waals surface area contributed by atoms with Crippen LogP contribution in [0.2, 0.25) is 0 Å². The van der Waals surface area contributed by atoms with Crippen molar-refractivity contribution in [1.82, 2.24) is 15.1 Å². The van der Waals surface area contributed by atoms with Crippen LogP contribution in [0.15, 0.2) is 58.9 Å². The van der Waals surface area contributed by atoms with Gasteiger partial charge in [0.25, 0.3) is 0 Å². The lowest BCUT2D eigenvalue weighted by Gasteiger charge is -2.36. The predicted molar refractivity (Wildman–Crippen MR) is 139 cm³/mol. The van der Waals surface area contributed by atoms with Crippen LogP contribution in [0, 0.1) is 0 Å². The topological polar surface area (TPSA) is 83.5 Å². The molecular formula is C27H40N4O4. The molecule has 0 bridgehead atoms. The van der Waals surface area contributed by atoms with Gasteiger partial charge in [0.1, 0.15) is 11.4 Å². The third kappa shape index (κ3) is 9.84. The molecule has 8 heteroatoms. The number of rotatable bonds is 8. The van der Waals surface area contributed by atoms with Gasteiger partial charge in [-0.3, -0.25) is 4.79 Å². The summed E-state index contributed by atoms with van der Waals surface area (Å²) in [4.78, 5) is 33.7. The van der Waals surface area contributed by atoms with Crippen LogP contribution in [0.5, 0.6) is 0 Å². The Morgan fingerprint density at radius 3 is 2.29 bits per heavy atom. The van der Waals surface area contributed by atoms with Crippen molar-refractivity contribution in [2.75, 3.05) is 33.3 Å². The zero-order chi connectivity index (χ0) is 25.8. The number of piperazine rings is 1. The Kier molecular flexibility index (Phi) is 10.8. The maximum atomic E-state index is 12.8. The molecule has 0 aromatic heterocycles. The van der Waals surface area contributed by atoms with E-state index in [0.29, 0.717) is 50.0 Å². The van der Waals surface area contributed by atoms with Gasteiger partial charge in [-0.2, -0.15) is 4.99 Å². The summed E-state index contributed by atoms with van der Waals surface area (Å²) in [6, 6.07) is 9.78. The fourth-order valence-electron chi connectivity index (χ4n) is 3.37. The number of carbonyl (C=O) groups is 2. The van der Waals surface area contributed by atoms with Crippen LogP contribution < -0.4 is 5.32 Å². The molecule has 1 fully saturated rings. The number of hydrogen-bond donors (Lipinski definition) is 1. The quantitative estimate of drug-likeness (QED) is 0.254. The molecule has 1 N–H and O–H groups in total. The highest BCUT2D eigenvalue weighted by Gasteiger charge is 2.27. The van der Waals surface area contributed by atoms with Crippen LogP contribution in [0.1, 0.15) is 53.0 Å². The number of aliphatic imine (C=N–C) groups is 1. The van der Waals surface area contributed by atoms with Crippen molar-refractivity contribution in [3.63, 3.8) is 0 Å². The van der Waals surface area contributed by atoms with Gasteiger partial charge in [-0.15, -0.1) is 0 Å². The summed E-state index contributed by atoms with van der Waals surface area (Å²) in [5.41, 5.74) is 1.04. The van der Waals surface area contributed by atoms with Gasteiger partial charge in [0.2, 0.25) is 11.8 Å². The number of carbonyl (C=O) groups excluding carboxylic acids is 2. The predicted octanol–water partition coefficient (Wildman–Crippen LogP) is 4.49. The molecule has 35 heavy (non-hydrogen) atoms. The Morgan fingerprint density at radius 2 is 1.71 bits per heavy atom. The molecular weight excluding hydrogens is 444 g/mol. The minimum atomic E-state index is -0.536. The third-order valence-electron chi connectivity index (χ3n) is 5.30. The van der Waals surface area contributed by atoms with Crippen LogP contribution in [0.4, 0.5) is 4.79 Å². The van der Waals surface area contributed by atoms with Crippen molar-refractivity contribution in [1.29, 1.82) is 0 Å². The van der Waals surface area contributed by atoms with E-state index >= 15 is 0 Å². The van der Waals surface area contributed by atoms with E-state index in [-0.39, 0.29) is 12.0 Å². The van der Waals surface area contributed by atoms with E-state index in [9.17, 15) is 9.59 Å². The lowest BCUT2D eigenvalue weighted by molar-refractivity contribution is -0.117. The van der Waals surface area contributed by atoms with E-state index in [4.69, 9.17) is 14.5 Å². The number of allylic oxidation sites excluding steroid dienone is 1. The van der Waals surface area contributed by atoms with Crippen LogP contribution in [-0.4, -0.2) is 66.5 Å². The number of amides is 2. The molecule has 1 saturated heterocycles. The van der Waals surface area contributed by atoms with Crippen LogP contribution in [0.3, 0.4) is 0 Å². The van der Waals surface area contributed by atoms with Gasteiger partial charge in [-0.05, 0) is 51.8 Å². The van der Waals surface area contributed by atoms with E-state index in [1.807, 2.05) is 57.2 Å². The largest absolute Gasteiger partial charge is 0.481 e. The molecule has 1 aromatic carbocycles. The zero-order valence-corrected chi connectivity index (χ0v) is 22.0. The molecule has 8 nitrogen and oxygen atoms in total. The average molecular weight is 485 g/mol. The van der Waals surface area contributed by atoms with Crippen molar-refractivity contribution in [3.05, 3.63) is 59.5 Å². The Bertz CT molecular complexity index is 924. The first-order valence-electron chi connectivity index (χ1n) is 12.2. The SMILES string of the molecule is CCC/C=C(/N=C(\C=C(/C)C(=O)NCc1ccccc1)N1CCN(C(=O)OC(C)(C)C)CC1)OC. The molecule has 0 aliphatic carbocycles. The van der Waals surface area contributed by atoms with E-state index in [1.165, 1.54) is 0 Å². The molecule has 0 saturated carbocycles. The van der Waals surface area contributed by atoms with Crippen LogP contribution >= 0.6 is 0 Å². The molecule has 2 amide bonds. The number of ether oxygens (including phenoxy) is 2. The minimum absolute atomic E-state index is 0.162. The number of methoxy groups -OCH3 is 1. The highest BCUT2D eigenvalue weighted by Crippen LogP contribution is 2.14. The summed E-state index contributed by atoms with van der Waals surface area (Å²) in [6.07, 6.45) is 5.22. The van der Waals surface area contributed by atoms with Gasteiger partial charge in [0, 0.05) is 38.3 Å². The lowest BCUT2D eigenvalue weighted by atomic mass is 10.2. The van der Waals surface area contributed by atoms with Crippen molar-refractivity contribution < 1.29 is 19.1 Å². The summed E-state index contributed by atoms with van der Waals surface area (Å²) in [5.74, 6) is 0.973. The number of amidine groups is 1. The number of hydrogen-bond acceptors (Lipinski definition) is 5. The smallest absolute Gasteiger partial charge is 0.410 e. The Labute approximate surface area is 209 Å². The monoisotopic (exact) mass is 484 g/mol. The molecule has 1 aliphatic rings. The van der Waals surface area contributed by atoms with Gasteiger partial charge in [-0.25, -0.2) is 4.79 Å². The number of nitrogens with one attached hydrogen (secondary N) is 1. The average Bonchev–Trinajstić information content (AvgIpc) is 2.84. The normalized spacial score (nSPS) is 15.7. The van der Waals surface area contributed by atoms with Gasteiger partial charge in [-0.1, -0.05) is 43.7 Å². The standard InChI is InChI=1S/C27H40N4O4/c1-7-8-14-24(34-6)29-23(19-21(2)25(32)28-20-22-12-10-9-11-13-22)30-15-17-31(18-16-30)26(33)35-27(3,4)5/h9-14,19H,7-8,15-18,20H2,1-6H3,(H,28,32)/b21-19+,24-14-,29-23+. The molecule has 1 aromatic rings. The van der Waals surface area contributed by atoms with Crippen molar-refractivity contribution in [3.8, 4) is 0 Å². The maximum Gasteiger partial charge on any atom is 0.410 e. The second kappa shape index (κ2) is 13.6. The van der Waals surface area contributed by atoms with Crippen LogP contribution in [0.25, 0.3) is 0 Å². The van der Waals surface area contributed by atoms with Crippen molar-refractivity contribution >= 4 is 17.8 Å². The van der Waals surface area contributed by atoms with E-state index in [1.54, 1.807) is 25.0 Å². The first-order valence-corrected chi connectivity index (χ1v) is 12.2. The Hall–Kier alpha value is -3.29. The molecule has 0 atom stereocenters. The van der Waals surface area contributed by atoms with Crippen LogP contribution in [-0.2, 0) is 20.8 Å². The fourth-order valence-corrected chi connectivity index (χ4v) is 3.37. The van der Waals surface area contributed by atoms with E-state index in [2.05, 4.69) is 17.1 Å². The fraction of sp³-hybridized carbons (Fsp3) is 0.519. The minimum Gasteiger partial charge on any atom is -0.481 e.